The molecule has 2 fully saturated rings. The van der Waals surface area contributed by atoms with Gasteiger partial charge in [-0.3, -0.25) is 4.79 Å². The van der Waals surface area contributed by atoms with Gasteiger partial charge in [-0.05, 0) is 49.3 Å². The molecule has 3 atom stereocenters. The predicted octanol–water partition coefficient (Wildman–Crippen LogP) is 4.56. The van der Waals surface area contributed by atoms with Gasteiger partial charge in [0.25, 0.3) is 0 Å². The zero-order chi connectivity index (χ0) is 16.4. The molecule has 0 aliphatic carbocycles. The largest absolute Gasteiger partial charge is 0.355 e. The average molecular weight is 392 g/mol. The molecule has 2 heterocycles. The van der Waals surface area contributed by atoms with E-state index in [-0.39, 0.29) is 24.2 Å². The van der Waals surface area contributed by atoms with Gasteiger partial charge in [-0.1, -0.05) is 36.2 Å². The van der Waals surface area contributed by atoms with Crippen LogP contribution in [0.4, 0.5) is 0 Å². The molecule has 1 aromatic rings. The maximum Gasteiger partial charge on any atom is 0.220 e. The van der Waals surface area contributed by atoms with Gasteiger partial charge in [0.2, 0.25) is 5.91 Å². The molecule has 0 radical (unpaired) electrons. The minimum atomic E-state index is 0. The molecule has 24 heavy (non-hydrogen) atoms. The van der Waals surface area contributed by atoms with E-state index in [1.807, 2.05) is 25.1 Å². The molecule has 134 valence electrons. The summed E-state index contributed by atoms with van der Waals surface area (Å²) in [4.78, 5) is 12.3. The number of hydrogen-bond acceptors (Lipinski definition) is 2. The fourth-order valence-corrected chi connectivity index (χ4v) is 4.80. The van der Waals surface area contributed by atoms with Gasteiger partial charge < -0.3 is 10.6 Å². The second kappa shape index (κ2) is 8.75. The van der Waals surface area contributed by atoms with E-state index in [0.29, 0.717) is 41.0 Å². The minimum Gasteiger partial charge on any atom is -0.355 e. The van der Waals surface area contributed by atoms with Crippen molar-refractivity contribution >= 4 is 41.5 Å². The Kier molecular flexibility index (Phi) is 7.23. The lowest BCUT2D eigenvalue weighted by Crippen LogP contribution is -2.40. The van der Waals surface area contributed by atoms with Gasteiger partial charge in [0, 0.05) is 41.0 Å². The van der Waals surface area contributed by atoms with E-state index in [1.165, 1.54) is 12.8 Å². The Hall–Kier alpha value is -0.480. The Morgan fingerprint density at radius 2 is 1.83 bits per heavy atom. The van der Waals surface area contributed by atoms with Crippen molar-refractivity contribution in [2.75, 3.05) is 6.54 Å². The number of piperidine rings is 1. The molecule has 0 aromatic heterocycles. The van der Waals surface area contributed by atoms with E-state index in [9.17, 15) is 4.79 Å². The van der Waals surface area contributed by atoms with E-state index in [0.717, 1.165) is 18.4 Å². The van der Waals surface area contributed by atoms with Crippen LogP contribution in [0.5, 0.6) is 0 Å². The van der Waals surface area contributed by atoms with Crippen molar-refractivity contribution < 1.29 is 4.79 Å². The molecule has 0 spiro atoms. The Balaban J connectivity index is 0.00000208. The maximum absolute atomic E-state index is 12.3. The van der Waals surface area contributed by atoms with Gasteiger partial charge in [-0.15, -0.1) is 12.4 Å². The number of rotatable bonds is 5. The minimum absolute atomic E-state index is 0. The lowest BCUT2D eigenvalue weighted by molar-refractivity contribution is -0.122. The van der Waals surface area contributed by atoms with Crippen molar-refractivity contribution in [3.8, 4) is 0 Å². The monoisotopic (exact) mass is 390 g/mol. The summed E-state index contributed by atoms with van der Waals surface area (Å²) in [5.74, 6) is 0.767. The van der Waals surface area contributed by atoms with E-state index in [4.69, 9.17) is 23.2 Å². The molecular formula is C18H25Cl3N2O. The molecule has 2 aliphatic rings. The van der Waals surface area contributed by atoms with E-state index < -0.39 is 0 Å². The van der Waals surface area contributed by atoms with E-state index >= 15 is 0 Å². The van der Waals surface area contributed by atoms with Crippen LogP contribution in [-0.2, 0) is 4.79 Å². The smallest absolute Gasteiger partial charge is 0.220 e. The predicted molar refractivity (Wildman–Crippen MR) is 102 cm³/mol. The van der Waals surface area contributed by atoms with Crippen molar-refractivity contribution in [1.29, 1.82) is 0 Å². The van der Waals surface area contributed by atoms with Crippen molar-refractivity contribution in [3.05, 3.63) is 33.8 Å². The lowest BCUT2D eigenvalue weighted by Gasteiger charge is -2.28. The summed E-state index contributed by atoms with van der Waals surface area (Å²) in [6.45, 7) is 2.61. The number of amides is 1. The van der Waals surface area contributed by atoms with Crippen LogP contribution >= 0.6 is 35.6 Å². The first-order chi connectivity index (χ1) is 11.0. The zero-order valence-electron chi connectivity index (χ0n) is 13.9. The molecule has 2 saturated heterocycles. The topological polar surface area (TPSA) is 41.1 Å². The van der Waals surface area contributed by atoms with Crippen LogP contribution in [0, 0.1) is 5.92 Å². The third kappa shape index (κ3) is 4.78. The van der Waals surface area contributed by atoms with Crippen molar-refractivity contribution in [2.45, 2.75) is 57.0 Å². The number of fused-ring (bicyclic) bond motifs is 2. The number of carbonyl (C=O) groups excluding carboxylic acids is 1. The molecule has 1 aromatic carbocycles. The van der Waals surface area contributed by atoms with Crippen molar-refractivity contribution in [2.24, 2.45) is 5.92 Å². The van der Waals surface area contributed by atoms with Crippen LogP contribution in [0.15, 0.2) is 18.2 Å². The van der Waals surface area contributed by atoms with Crippen LogP contribution in [0.25, 0.3) is 0 Å². The molecule has 6 heteroatoms. The second-order valence-electron chi connectivity index (χ2n) is 7.02. The van der Waals surface area contributed by atoms with Crippen LogP contribution in [0.1, 0.15) is 50.5 Å². The molecule has 2 bridgehead atoms. The highest BCUT2D eigenvalue weighted by Crippen LogP contribution is 2.33. The standard InChI is InChI=1S/C18H24Cl2N2O.ClH/c1-11(18-15(19)3-2-4-16(18)20)10-21-17(23)9-12-7-13-5-6-14(8-12)22-13;/h2-4,11-14,22H,5-10H2,1H3,(H,21,23);1H. The average Bonchev–Trinajstić information content (AvgIpc) is 2.84. The fourth-order valence-electron chi connectivity index (χ4n) is 4.03. The highest BCUT2D eigenvalue weighted by Gasteiger charge is 2.34. The Morgan fingerprint density at radius 1 is 1.25 bits per heavy atom. The summed E-state index contributed by atoms with van der Waals surface area (Å²) in [5.41, 5.74) is 0.913. The molecular weight excluding hydrogens is 367 g/mol. The first-order valence-corrected chi connectivity index (χ1v) is 9.25. The number of carbonyl (C=O) groups is 1. The molecule has 1 amide bonds. The highest BCUT2D eigenvalue weighted by atomic mass is 35.5. The molecule has 2 aliphatic heterocycles. The summed E-state index contributed by atoms with van der Waals surface area (Å²) in [6, 6.07) is 6.78. The van der Waals surface area contributed by atoms with Crippen molar-refractivity contribution in [3.63, 3.8) is 0 Å². The number of benzene rings is 1. The SMILES string of the molecule is CC(CNC(=O)CC1CC2CCC(C1)N2)c1c(Cl)cccc1Cl.Cl. The molecule has 3 unspecified atom stereocenters. The summed E-state index contributed by atoms with van der Waals surface area (Å²) in [7, 11) is 0. The van der Waals surface area contributed by atoms with Gasteiger partial charge in [0.05, 0.1) is 0 Å². The van der Waals surface area contributed by atoms with Gasteiger partial charge in [-0.25, -0.2) is 0 Å². The third-order valence-electron chi connectivity index (χ3n) is 5.14. The lowest BCUT2D eigenvalue weighted by atomic mass is 9.89. The normalized spacial score (nSPS) is 26.5. The van der Waals surface area contributed by atoms with E-state index in [2.05, 4.69) is 10.6 Å². The van der Waals surface area contributed by atoms with Crippen LogP contribution < -0.4 is 10.6 Å². The highest BCUT2D eigenvalue weighted by molar-refractivity contribution is 6.36. The maximum atomic E-state index is 12.3. The fraction of sp³-hybridized carbons (Fsp3) is 0.611. The number of nitrogens with one attached hydrogen (secondary N) is 2. The number of hydrogen-bond donors (Lipinski definition) is 2. The Bertz CT molecular complexity index is 549. The number of halogens is 3. The van der Waals surface area contributed by atoms with Crippen LogP contribution in [0.3, 0.4) is 0 Å². The summed E-state index contributed by atoms with van der Waals surface area (Å²) < 4.78 is 0. The first-order valence-electron chi connectivity index (χ1n) is 8.49. The molecule has 3 rings (SSSR count). The summed E-state index contributed by atoms with van der Waals surface area (Å²) in [6.07, 6.45) is 5.44. The van der Waals surface area contributed by atoms with Crippen LogP contribution in [0.2, 0.25) is 10.0 Å². The van der Waals surface area contributed by atoms with Gasteiger partial charge in [-0.2, -0.15) is 0 Å². The van der Waals surface area contributed by atoms with Gasteiger partial charge in [0.1, 0.15) is 0 Å². The summed E-state index contributed by atoms with van der Waals surface area (Å²) >= 11 is 12.5. The van der Waals surface area contributed by atoms with Crippen molar-refractivity contribution in [1.82, 2.24) is 10.6 Å². The Morgan fingerprint density at radius 3 is 2.42 bits per heavy atom. The Labute approximate surface area is 160 Å². The van der Waals surface area contributed by atoms with Crippen LogP contribution in [-0.4, -0.2) is 24.5 Å². The molecule has 3 nitrogen and oxygen atoms in total. The summed E-state index contributed by atoms with van der Waals surface area (Å²) in [5, 5.41) is 8.00. The zero-order valence-corrected chi connectivity index (χ0v) is 16.2. The van der Waals surface area contributed by atoms with Gasteiger partial charge >= 0.3 is 0 Å². The quantitative estimate of drug-likeness (QED) is 0.772. The second-order valence-corrected chi connectivity index (χ2v) is 7.83. The first kappa shape index (κ1) is 19.8. The van der Waals surface area contributed by atoms with Gasteiger partial charge in [0.15, 0.2) is 0 Å². The third-order valence-corrected chi connectivity index (χ3v) is 5.80. The molecule has 2 N–H and O–H groups in total. The van der Waals surface area contributed by atoms with E-state index in [1.54, 1.807) is 0 Å². The molecule has 0 saturated carbocycles.